The van der Waals surface area contributed by atoms with Gasteiger partial charge in [0.15, 0.2) is 0 Å². The lowest BCUT2D eigenvalue weighted by Gasteiger charge is -2.31. The van der Waals surface area contributed by atoms with E-state index in [1.54, 1.807) is 6.26 Å². The van der Waals surface area contributed by atoms with Crippen LogP contribution in [-0.4, -0.2) is 18.5 Å². The molecule has 1 aromatic heterocycles. The summed E-state index contributed by atoms with van der Waals surface area (Å²) in [6.07, 6.45) is 7.12. The first-order valence-corrected chi connectivity index (χ1v) is 7.35. The van der Waals surface area contributed by atoms with E-state index >= 15 is 0 Å². The molecule has 3 unspecified atom stereocenters. The Morgan fingerprint density at radius 2 is 2.32 bits per heavy atom. The van der Waals surface area contributed by atoms with E-state index in [2.05, 4.69) is 17.6 Å². The molecule has 3 rings (SSSR count). The second kappa shape index (κ2) is 5.37. The van der Waals surface area contributed by atoms with Crippen molar-refractivity contribution in [3.8, 4) is 0 Å². The summed E-state index contributed by atoms with van der Waals surface area (Å²) in [5.41, 5.74) is 1.17. The molecule has 2 aliphatic rings. The third kappa shape index (κ3) is 2.54. The normalized spacial score (nSPS) is 30.7. The van der Waals surface area contributed by atoms with E-state index in [1.165, 1.54) is 12.0 Å². The smallest absolute Gasteiger partial charge is 0.237 e. The molecule has 4 nitrogen and oxygen atoms in total. The highest BCUT2D eigenvalue weighted by molar-refractivity contribution is 5.82. The van der Waals surface area contributed by atoms with Gasteiger partial charge in [-0.25, -0.2) is 0 Å². The third-order valence-corrected chi connectivity index (χ3v) is 4.42. The Hall–Kier alpha value is -1.29. The van der Waals surface area contributed by atoms with E-state index in [0.29, 0.717) is 5.92 Å². The summed E-state index contributed by atoms with van der Waals surface area (Å²) in [5, 5.41) is 6.54. The predicted molar refractivity (Wildman–Crippen MR) is 72.7 cm³/mol. The van der Waals surface area contributed by atoms with Gasteiger partial charge in [0.1, 0.15) is 5.76 Å². The lowest BCUT2D eigenvalue weighted by molar-refractivity contribution is -0.125. The Bertz CT molecular complexity index is 455. The minimum absolute atomic E-state index is 0.0361. The highest BCUT2D eigenvalue weighted by Crippen LogP contribution is 2.30. The number of furan rings is 1. The zero-order chi connectivity index (χ0) is 13.2. The molecule has 1 amide bonds. The van der Waals surface area contributed by atoms with Crippen LogP contribution >= 0.6 is 0 Å². The van der Waals surface area contributed by atoms with Gasteiger partial charge in [-0.05, 0) is 44.2 Å². The molecule has 1 aliphatic heterocycles. The zero-order valence-electron chi connectivity index (χ0n) is 11.4. The Kier molecular flexibility index (Phi) is 3.60. The Balaban J connectivity index is 1.67. The number of carbonyl (C=O) groups is 1. The fraction of sp³-hybridized carbons (Fsp3) is 0.667. The second-order valence-electron chi connectivity index (χ2n) is 5.80. The highest BCUT2D eigenvalue weighted by Gasteiger charge is 2.31. The molecular formula is C15H22N2O2. The van der Waals surface area contributed by atoms with Gasteiger partial charge in [0.25, 0.3) is 0 Å². The first-order chi connectivity index (χ1) is 9.25. The molecule has 0 radical (unpaired) electrons. The lowest BCUT2D eigenvalue weighted by atomic mass is 9.90. The van der Waals surface area contributed by atoms with E-state index in [9.17, 15) is 4.79 Å². The molecule has 1 aliphatic carbocycles. The summed E-state index contributed by atoms with van der Waals surface area (Å²) >= 11 is 0. The number of carbonyl (C=O) groups excluding carboxylic acids is 1. The average molecular weight is 262 g/mol. The van der Waals surface area contributed by atoms with Crippen LogP contribution in [-0.2, 0) is 11.2 Å². The van der Waals surface area contributed by atoms with Crippen molar-refractivity contribution in [2.45, 2.75) is 51.1 Å². The molecule has 19 heavy (non-hydrogen) atoms. The molecule has 0 aromatic carbocycles. The molecule has 0 spiro atoms. The molecule has 2 heterocycles. The molecule has 4 heteroatoms. The second-order valence-corrected chi connectivity index (χ2v) is 5.80. The number of fused-ring (bicyclic) bond motifs is 1. The maximum Gasteiger partial charge on any atom is 0.237 e. The quantitative estimate of drug-likeness (QED) is 0.858. The molecule has 3 atom stereocenters. The maximum atomic E-state index is 12.4. The van der Waals surface area contributed by atoms with Crippen LogP contribution in [0.25, 0.3) is 0 Å². The molecular weight excluding hydrogens is 240 g/mol. The fourth-order valence-corrected chi connectivity index (χ4v) is 3.30. The standard InChI is InChI=1S/C15H22N2O2/c1-10-4-3-8-16-14(10)15(18)17-12-5-2-6-13-11(12)7-9-19-13/h7,9-10,12,14,16H,2-6,8H2,1H3,(H,17,18). The number of nitrogens with one attached hydrogen (secondary N) is 2. The number of piperidine rings is 1. The Labute approximate surface area is 113 Å². The van der Waals surface area contributed by atoms with Gasteiger partial charge in [-0.2, -0.15) is 0 Å². The largest absolute Gasteiger partial charge is 0.469 e. The highest BCUT2D eigenvalue weighted by atomic mass is 16.3. The first kappa shape index (κ1) is 12.7. The lowest BCUT2D eigenvalue weighted by Crippen LogP contribution is -2.51. The minimum Gasteiger partial charge on any atom is -0.469 e. The van der Waals surface area contributed by atoms with Crippen molar-refractivity contribution in [1.29, 1.82) is 0 Å². The molecule has 1 aromatic rings. The van der Waals surface area contributed by atoms with Crippen LogP contribution in [0.2, 0.25) is 0 Å². The van der Waals surface area contributed by atoms with Gasteiger partial charge in [0.05, 0.1) is 18.3 Å². The van der Waals surface area contributed by atoms with E-state index in [0.717, 1.165) is 38.0 Å². The SMILES string of the molecule is CC1CCCNC1C(=O)NC1CCCc2occc21. The van der Waals surface area contributed by atoms with E-state index in [1.807, 2.05) is 6.07 Å². The van der Waals surface area contributed by atoms with E-state index < -0.39 is 0 Å². The van der Waals surface area contributed by atoms with Crippen LogP contribution in [0.1, 0.15) is 50.0 Å². The maximum absolute atomic E-state index is 12.4. The van der Waals surface area contributed by atoms with E-state index in [4.69, 9.17) is 4.42 Å². The Morgan fingerprint density at radius 1 is 1.42 bits per heavy atom. The van der Waals surface area contributed by atoms with Gasteiger partial charge >= 0.3 is 0 Å². The number of amides is 1. The van der Waals surface area contributed by atoms with Crippen molar-refractivity contribution in [3.63, 3.8) is 0 Å². The molecule has 0 saturated carbocycles. The number of aryl methyl sites for hydroxylation is 1. The van der Waals surface area contributed by atoms with Gasteiger partial charge in [-0.1, -0.05) is 6.92 Å². The summed E-state index contributed by atoms with van der Waals surface area (Å²) in [7, 11) is 0. The van der Waals surface area contributed by atoms with Crippen LogP contribution in [0, 0.1) is 5.92 Å². The molecule has 1 saturated heterocycles. The minimum atomic E-state index is -0.0361. The summed E-state index contributed by atoms with van der Waals surface area (Å²) in [5.74, 6) is 1.61. The van der Waals surface area contributed by atoms with Gasteiger partial charge < -0.3 is 15.1 Å². The zero-order valence-corrected chi connectivity index (χ0v) is 11.4. The summed E-state index contributed by atoms with van der Waals surface area (Å²) in [6.45, 7) is 3.10. The van der Waals surface area contributed by atoms with Gasteiger partial charge in [0.2, 0.25) is 5.91 Å². The van der Waals surface area contributed by atoms with Crippen molar-refractivity contribution in [2.75, 3.05) is 6.54 Å². The van der Waals surface area contributed by atoms with Crippen LogP contribution in [0.5, 0.6) is 0 Å². The van der Waals surface area contributed by atoms with Gasteiger partial charge in [0, 0.05) is 12.0 Å². The number of rotatable bonds is 2. The first-order valence-electron chi connectivity index (χ1n) is 7.35. The molecule has 1 fully saturated rings. The number of hydrogen-bond acceptors (Lipinski definition) is 3. The number of hydrogen-bond donors (Lipinski definition) is 2. The monoisotopic (exact) mass is 262 g/mol. The van der Waals surface area contributed by atoms with Crippen LogP contribution in [0.3, 0.4) is 0 Å². The van der Waals surface area contributed by atoms with Crippen molar-refractivity contribution >= 4 is 5.91 Å². The van der Waals surface area contributed by atoms with Gasteiger partial charge in [-0.3, -0.25) is 4.79 Å². The molecule has 104 valence electrons. The predicted octanol–water partition coefficient (Wildman–Crippen LogP) is 2.16. The van der Waals surface area contributed by atoms with E-state index in [-0.39, 0.29) is 18.0 Å². The van der Waals surface area contributed by atoms with Crippen molar-refractivity contribution in [1.82, 2.24) is 10.6 Å². The summed E-state index contributed by atoms with van der Waals surface area (Å²) in [6, 6.07) is 2.09. The summed E-state index contributed by atoms with van der Waals surface area (Å²) < 4.78 is 5.47. The van der Waals surface area contributed by atoms with Crippen molar-refractivity contribution in [2.24, 2.45) is 5.92 Å². The Morgan fingerprint density at radius 3 is 3.16 bits per heavy atom. The van der Waals surface area contributed by atoms with Crippen molar-refractivity contribution < 1.29 is 9.21 Å². The van der Waals surface area contributed by atoms with Crippen LogP contribution in [0.15, 0.2) is 16.7 Å². The summed E-state index contributed by atoms with van der Waals surface area (Å²) in [4.78, 5) is 12.4. The van der Waals surface area contributed by atoms with Crippen LogP contribution in [0.4, 0.5) is 0 Å². The third-order valence-electron chi connectivity index (χ3n) is 4.42. The fourth-order valence-electron chi connectivity index (χ4n) is 3.30. The average Bonchev–Trinajstić information content (AvgIpc) is 2.88. The molecule has 2 N–H and O–H groups in total. The van der Waals surface area contributed by atoms with Gasteiger partial charge in [-0.15, -0.1) is 0 Å². The van der Waals surface area contributed by atoms with Crippen molar-refractivity contribution in [3.05, 3.63) is 23.7 Å². The van der Waals surface area contributed by atoms with Crippen LogP contribution < -0.4 is 10.6 Å². The topological polar surface area (TPSA) is 54.3 Å². The molecule has 0 bridgehead atoms.